The highest BCUT2D eigenvalue weighted by atomic mass is 16.5. The highest BCUT2D eigenvalue weighted by Crippen LogP contribution is 2.24. The standard InChI is InChI=1S/C15H26N4O/c1-12(2)20-15-11-17-10-14(18-15)19-8-5-13(6-9-19)4-7-16-3/h10-13,16H,4-9H2,1-3H3. The maximum absolute atomic E-state index is 5.61. The van der Waals surface area contributed by atoms with Gasteiger partial charge in [-0.05, 0) is 52.6 Å². The Labute approximate surface area is 121 Å². The predicted octanol–water partition coefficient (Wildman–Crippen LogP) is 2.09. The first-order valence-corrected chi connectivity index (χ1v) is 7.57. The summed E-state index contributed by atoms with van der Waals surface area (Å²) in [6.07, 6.45) is 7.39. The molecular formula is C15H26N4O. The zero-order valence-corrected chi connectivity index (χ0v) is 12.8. The normalized spacial score (nSPS) is 16.7. The average molecular weight is 278 g/mol. The SMILES string of the molecule is CNCCC1CCN(c2cncc(OC(C)C)n2)CC1. The molecule has 5 heteroatoms. The zero-order chi connectivity index (χ0) is 14.4. The molecule has 1 aromatic heterocycles. The molecular weight excluding hydrogens is 252 g/mol. The van der Waals surface area contributed by atoms with E-state index in [-0.39, 0.29) is 6.10 Å². The molecule has 0 aromatic carbocycles. The lowest BCUT2D eigenvalue weighted by atomic mass is 9.93. The maximum atomic E-state index is 5.61. The lowest BCUT2D eigenvalue weighted by molar-refractivity contribution is 0.231. The Morgan fingerprint density at radius 3 is 2.75 bits per heavy atom. The fraction of sp³-hybridized carbons (Fsp3) is 0.733. The van der Waals surface area contributed by atoms with E-state index >= 15 is 0 Å². The fourth-order valence-corrected chi connectivity index (χ4v) is 2.59. The molecule has 0 unspecified atom stereocenters. The van der Waals surface area contributed by atoms with Crippen molar-refractivity contribution in [1.29, 1.82) is 0 Å². The number of hydrogen-bond acceptors (Lipinski definition) is 5. The third kappa shape index (κ3) is 4.34. The molecule has 1 aliphatic rings. The second-order valence-corrected chi connectivity index (χ2v) is 5.70. The number of ether oxygens (including phenoxy) is 1. The van der Waals surface area contributed by atoms with Crippen molar-refractivity contribution in [2.75, 3.05) is 31.6 Å². The van der Waals surface area contributed by atoms with Crippen LogP contribution in [0.3, 0.4) is 0 Å². The van der Waals surface area contributed by atoms with Gasteiger partial charge in [0, 0.05) is 13.1 Å². The van der Waals surface area contributed by atoms with Crippen LogP contribution in [0.2, 0.25) is 0 Å². The molecule has 2 heterocycles. The van der Waals surface area contributed by atoms with Crippen molar-refractivity contribution >= 4 is 5.82 Å². The van der Waals surface area contributed by atoms with Crippen molar-refractivity contribution in [3.05, 3.63) is 12.4 Å². The van der Waals surface area contributed by atoms with E-state index in [4.69, 9.17) is 4.74 Å². The second-order valence-electron chi connectivity index (χ2n) is 5.70. The molecule has 0 spiro atoms. The smallest absolute Gasteiger partial charge is 0.234 e. The summed E-state index contributed by atoms with van der Waals surface area (Å²) in [4.78, 5) is 11.1. The van der Waals surface area contributed by atoms with Crippen LogP contribution in [-0.4, -0.2) is 42.8 Å². The summed E-state index contributed by atoms with van der Waals surface area (Å²) >= 11 is 0. The molecule has 1 aliphatic heterocycles. The number of aromatic nitrogens is 2. The van der Waals surface area contributed by atoms with E-state index in [0.29, 0.717) is 5.88 Å². The number of nitrogens with zero attached hydrogens (tertiary/aromatic N) is 3. The van der Waals surface area contributed by atoms with Crippen LogP contribution < -0.4 is 15.0 Å². The van der Waals surface area contributed by atoms with E-state index in [0.717, 1.165) is 31.4 Å². The molecule has 0 saturated carbocycles. The molecule has 20 heavy (non-hydrogen) atoms. The van der Waals surface area contributed by atoms with Crippen molar-refractivity contribution in [2.24, 2.45) is 5.92 Å². The molecule has 0 bridgehead atoms. The van der Waals surface area contributed by atoms with Gasteiger partial charge in [0.2, 0.25) is 5.88 Å². The predicted molar refractivity (Wildman–Crippen MR) is 81.3 cm³/mol. The zero-order valence-electron chi connectivity index (χ0n) is 12.8. The van der Waals surface area contributed by atoms with Crippen LogP contribution in [0.1, 0.15) is 33.1 Å². The summed E-state index contributed by atoms with van der Waals surface area (Å²) < 4.78 is 5.61. The first kappa shape index (κ1) is 15.0. The van der Waals surface area contributed by atoms with Gasteiger partial charge in [0.1, 0.15) is 0 Å². The van der Waals surface area contributed by atoms with Gasteiger partial charge in [0.15, 0.2) is 5.82 Å². The minimum atomic E-state index is 0.131. The van der Waals surface area contributed by atoms with Crippen LogP contribution in [-0.2, 0) is 0 Å². The number of anilines is 1. The van der Waals surface area contributed by atoms with Gasteiger partial charge >= 0.3 is 0 Å². The van der Waals surface area contributed by atoms with E-state index < -0.39 is 0 Å². The molecule has 0 aliphatic carbocycles. The molecule has 2 rings (SSSR count). The molecule has 5 nitrogen and oxygen atoms in total. The molecule has 0 atom stereocenters. The Bertz CT molecular complexity index is 403. The van der Waals surface area contributed by atoms with E-state index in [9.17, 15) is 0 Å². The lowest BCUT2D eigenvalue weighted by Crippen LogP contribution is -2.35. The Kier molecular flexibility index (Phi) is 5.59. The van der Waals surface area contributed by atoms with Gasteiger partial charge in [0.25, 0.3) is 0 Å². The fourth-order valence-electron chi connectivity index (χ4n) is 2.59. The topological polar surface area (TPSA) is 50.3 Å². The second kappa shape index (κ2) is 7.43. The van der Waals surface area contributed by atoms with E-state index in [1.165, 1.54) is 19.3 Å². The summed E-state index contributed by atoms with van der Waals surface area (Å²) in [5, 5.41) is 3.23. The van der Waals surface area contributed by atoms with Gasteiger partial charge in [-0.15, -0.1) is 0 Å². The third-order valence-electron chi connectivity index (χ3n) is 3.70. The molecule has 1 aromatic rings. The molecule has 1 N–H and O–H groups in total. The van der Waals surface area contributed by atoms with Gasteiger partial charge in [-0.1, -0.05) is 0 Å². The minimum absolute atomic E-state index is 0.131. The van der Waals surface area contributed by atoms with E-state index in [1.54, 1.807) is 6.20 Å². The van der Waals surface area contributed by atoms with Crippen LogP contribution in [0.25, 0.3) is 0 Å². The molecule has 112 valence electrons. The van der Waals surface area contributed by atoms with Gasteiger partial charge in [0.05, 0.1) is 18.5 Å². The average Bonchev–Trinajstić information content (AvgIpc) is 2.45. The maximum Gasteiger partial charge on any atom is 0.234 e. The molecule has 1 saturated heterocycles. The van der Waals surface area contributed by atoms with Gasteiger partial charge in [-0.25, -0.2) is 0 Å². The quantitative estimate of drug-likeness (QED) is 0.863. The Balaban J connectivity index is 1.89. The monoisotopic (exact) mass is 278 g/mol. The summed E-state index contributed by atoms with van der Waals surface area (Å²) in [6, 6.07) is 0. The summed E-state index contributed by atoms with van der Waals surface area (Å²) in [5.41, 5.74) is 0. The van der Waals surface area contributed by atoms with Crippen molar-refractivity contribution in [2.45, 2.75) is 39.2 Å². The van der Waals surface area contributed by atoms with Gasteiger partial charge < -0.3 is 15.0 Å². The van der Waals surface area contributed by atoms with E-state index in [1.807, 2.05) is 27.1 Å². The van der Waals surface area contributed by atoms with Crippen LogP contribution in [0.4, 0.5) is 5.82 Å². The van der Waals surface area contributed by atoms with Crippen molar-refractivity contribution in [1.82, 2.24) is 15.3 Å². The first-order chi connectivity index (χ1) is 9.69. The van der Waals surface area contributed by atoms with Crippen molar-refractivity contribution in [3.63, 3.8) is 0 Å². The number of hydrogen-bond donors (Lipinski definition) is 1. The third-order valence-corrected chi connectivity index (χ3v) is 3.70. The van der Waals surface area contributed by atoms with Crippen LogP contribution in [0, 0.1) is 5.92 Å². The first-order valence-electron chi connectivity index (χ1n) is 7.57. The van der Waals surface area contributed by atoms with Crippen molar-refractivity contribution in [3.8, 4) is 5.88 Å². The van der Waals surface area contributed by atoms with Crippen LogP contribution in [0.5, 0.6) is 5.88 Å². The lowest BCUT2D eigenvalue weighted by Gasteiger charge is -2.32. The number of rotatable bonds is 6. The van der Waals surface area contributed by atoms with Gasteiger partial charge in [-0.3, -0.25) is 4.98 Å². The van der Waals surface area contributed by atoms with Crippen LogP contribution >= 0.6 is 0 Å². The minimum Gasteiger partial charge on any atom is -0.474 e. The highest BCUT2D eigenvalue weighted by molar-refractivity contribution is 5.38. The summed E-state index contributed by atoms with van der Waals surface area (Å²) in [5.74, 6) is 2.40. The molecule has 0 amide bonds. The molecule has 0 radical (unpaired) electrons. The van der Waals surface area contributed by atoms with Crippen LogP contribution in [0.15, 0.2) is 12.4 Å². The summed E-state index contributed by atoms with van der Waals surface area (Å²) in [7, 11) is 2.02. The van der Waals surface area contributed by atoms with Crippen molar-refractivity contribution < 1.29 is 4.74 Å². The largest absolute Gasteiger partial charge is 0.474 e. The Morgan fingerprint density at radius 1 is 1.35 bits per heavy atom. The van der Waals surface area contributed by atoms with Gasteiger partial charge in [-0.2, -0.15) is 4.98 Å². The Hall–Kier alpha value is -1.36. The van der Waals surface area contributed by atoms with E-state index in [2.05, 4.69) is 20.2 Å². The number of nitrogens with one attached hydrogen (secondary N) is 1. The highest BCUT2D eigenvalue weighted by Gasteiger charge is 2.20. The summed E-state index contributed by atoms with van der Waals surface area (Å²) in [6.45, 7) is 7.24. The Morgan fingerprint density at radius 2 is 2.10 bits per heavy atom. The molecule has 1 fully saturated rings. The number of piperidine rings is 1.